The van der Waals surface area contributed by atoms with Crippen LogP contribution in [0.4, 0.5) is 0 Å². The SMILES string of the molecule is CCCCCCCCOC(=O)CCCCCCCCCCCCC(C)CC(=O)OCCCCCCCC. The zero-order chi connectivity index (χ0) is 27.2. The molecule has 0 saturated heterocycles. The molecule has 0 aliphatic carbocycles. The van der Waals surface area contributed by atoms with Gasteiger partial charge in [0.15, 0.2) is 0 Å². The number of hydrogen-bond donors (Lipinski definition) is 0. The van der Waals surface area contributed by atoms with Crippen LogP contribution in [-0.4, -0.2) is 25.2 Å². The van der Waals surface area contributed by atoms with E-state index in [1.807, 2.05) is 0 Å². The molecule has 0 radical (unpaired) electrons. The third kappa shape index (κ3) is 29.4. The van der Waals surface area contributed by atoms with Crippen LogP contribution in [0.5, 0.6) is 0 Å². The van der Waals surface area contributed by atoms with Crippen molar-refractivity contribution in [2.24, 2.45) is 5.92 Å². The Labute approximate surface area is 231 Å². The molecule has 0 fully saturated rings. The molecule has 0 aromatic rings. The lowest BCUT2D eigenvalue weighted by molar-refractivity contribution is -0.145. The van der Waals surface area contributed by atoms with Crippen molar-refractivity contribution in [2.75, 3.05) is 13.2 Å². The van der Waals surface area contributed by atoms with Gasteiger partial charge in [-0.1, -0.05) is 149 Å². The molecule has 1 atom stereocenters. The summed E-state index contributed by atoms with van der Waals surface area (Å²) < 4.78 is 10.8. The smallest absolute Gasteiger partial charge is 0.306 e. The molecular weight excluding hydrogens is 460 g/mol. The Morgan fingerprint density at radius 1 is 0.486 bits per heavy atom. The maximum Gasteiger partial charge on any atom is 0.306 e. The lowest BCUT2D eigenvalue weighted by Gasteiger charge is -2.11. The van der Waals surface area contributed by atoms with Crippen LogP contribution in [-0.2, 0) is 19.1 Å². The molecule has 0 N–H and O–H groups in total. The van der Waals surface area contributed by atoms with Crippen LogP contribution >= 0.6 is 0 Å². The molecule has 0 bridgehead atoms. The van der Waals surface area contributed by atoms with E-state index in [4.69, 9.17) is 9.47 Å². The second kappa shape index (κ2) is 29.5. The molecule has 0 aliphatic rings. The van der Waals surface area contributed by atoms with Gasteiger partial charge in [-0.25, -0.2) is 0 Å². The predicted octanol–water partition coefficient (Wildman–Crippen LogP) is 10.5. The first-order valence-electron chi connectivity index (χ1n) is 16.4. The highest BCUT2D eigenvalue weighted by molar-refractivity contribution is 5.69. The topological polar surface area (TPSA) is 52.6 Å². The molecule has 4 nitrogen and oxygen atoms in total. The summed E-state index contributed by atoms with van der Waals surface area (Å²) >= 11 is 0. The number of ether oxygens (including phenoxy) is 2. The van der Waals surface area contributed by atoms with Gasteiger partial charge < -0.3 is 9.47 Å². The Hall–Kier alpha value is -1.06. The highest BCUT2D eigenvalue weighted by atomic mass is 16.5. The van der Waals surface area contributed by atoms with Gasteiger partial charge in [-0.15, -0.1) is 0 Å². The summed E-state index contributed by atoms with van der Waals surface area (Å²) in [6.07, 6.45) is 29.4. The molecule has 0 aromatic heterocycles. The van der Waals surface area contributed by atoms with Gasteiger partial charge in [0.1, 0.15) is 0 Å². The summed E-state index contributed by atoms with van der Waals surface area (Å²) in [5, 5.41) is 0. The van der Waals surface area contributed by atoms with Crippen molar-refractivity contribution >= 4 is 11.9 Å². The fraction of sp³-hybridized carbons (Fsp3) is 0.939. The fourth-order valence-corrected chi connectivity index (χ4v) is 4.83. The van der Waals surface area contributed by atoms with Crippen molar-refractivity contribution in [3.8, 4) is 0 Å². The lowest BCUT2D eigenvalue weighted by Crippen LogP contribution is -2.10. The van der Waals surface area contributed by atoms with Gasteiger partial charge in [-0.05, 0) is 25.2 Å². The van der Waals surface area contributed by atoms with Crippen molar-refractivity contribution < 1.29 is 19.1 Å². The third-order valence-electron chi connectivity index (χ3n) is 7.36. The molecule has 0 rings (SSSR count). The van der Waals surface area contributed by atoms with Crippen LogP contribution in [0.3, 0.4) is 0 Å². The van der Waals surface area contributed by atoms with Crippen molar-refractivity contribution in [1.29, 1.82) is 0 Å². The number of carbonyl (C=O) groups is 2. The van der Waals surface area contributed by atoms with E-state index >= 15 is 0 Å². The third-order valence-corrected chi connectivity index (χ3v) is 7.36. The molecule has 0 aliphatic heterocycles. The van der Waals surface area contributed by atoms with Crippen molar-refractivity contribution in [3.63, 3.8) is 0 Å². The standard InChI is InChI=1S/C33H64O4/c1-4-6-8-10-20-24-28-36-32(34)27-23-19-17-15-13-12-14-16-18-22-26-31(3)30-33(35)37-29-25-21-11-9-7-5-2/h31H,4-30H2,1-3H3. The van der Waals surface area contributed by atoms with Gasteiger partial charge in [0, 0.05) is 12.8 Å². The van der Waals surface area contributed by atoms with Gasteiger partial charge in [-0.2, -0.15) is 0 Å². The monoisotopic (exact) mass is 524 g/mol. The van der Waals surface area contributed by atoms with E-state index in [0.29, 0.717) is 32.0 Å². The minimum Gasteiger partial charge on any atom is -0.466 e. The fourth-order valence-electron chi connectivity index (χ4n) is 4.83. The van der Waals surface area contributed by atoms with E-state index in [1.54, 1.807) is 0 Å². The lowest BCUT2D eigenvalue weighted by atomic mass is 9.99. The first-order valence-corrected chi connectivity index (χ1v) is 16.4. The molecule has 1 unspecified atom stereocenters. The first-order chi connectivity index (χ1) is 18.1. The van der Waals surface area contributed by atoms with Crippen molar-refractivity contribution in [3.05, 3.63) is 0 Å². The van der Waals surface area contributed by atoms with E-state index < -0.39 is 0 Å². The summed E-state index contributed by atoms with van der Waals surface area (Å²) in [4.78, 5) is 23.7. The van der Waals surface area contributed by atoms with Crippen LogP contribution in [0.25, 0.3) is 0 Å². The summed E-state index contributed by atoms with van der Waals surface area (Å²) in [6, 6.07) is 0. The van der Waals surface area contributed by atoms with E-state index in [-0.39, 0.29) is 11.9 Å². The Morgan fingerprint density at radius 2 is 0.865 bits per heavy atom. The Morgan fingerprint density at radius 3 is 1.35 bits per heavy atom. The highest BCUT2D eigenvalue weighted by Gasteiger charge is 2.10. The van der Waals surface area contributed by atoms with Gasteiger partial charge in [0.05, 0.1) is 13.2 Å². The molecule has 0 saturated carbocycles. The summed E-state index contributed by atoms with van der Waals surface area (Å²) in [7, 11) is 0. The van der Waals surface area contributed by atoms with E-state index in [1.165, 1.54) is 116 Å². The maximum absolute atomic E-state index is 12.0. The van der Waals surface area contributed by atoms with E-state index in [0.717, 1.165) is 32.1 Å². The number of esters is 2. The average Bonchev–Trinajstić information content (AvgIpc) is 2.88. The van der Waals surface area contributed by atoms with Crippen LogP contribution in [0.2, 0.25) is 0 Å². The molecule has 0 heterocycles. The molecule has 220 valence electrons. The number of unbranched alkanes of at least 4 members (excludes halogenated alkanes) is 19. The minimum absolute atomic E-state index is 0.00654. The molecule has 4 heteroatoms. The summed E-state index contributed by atoms with van der Waals surface area (Å²) in [5.74, 6) is 0.420. The minimum atomic E-state index is -0.00823. The van der Waals surface area contributed by atoms with Crippen molar-refractivity contribution in [2.45, 2.75) is 181 Å². The van der Waals surface area contributed by atoms with Crippen LogP contribution in [0.15, 0.2) is 0 Å². The Kier molecular flexibility index (Phi) is 28.7. The largest absolute Gasteiger partial charge is 0.466 e. The number of hydrogen-bond acceptors (Lipinski definition) is 4. The maximum atomic E-state index is 12.0. The molecule has 37 heavy (non-hydrogen) atoms. The zero-order valence-electron chi connectivity index (χ0n) is 25.3. The highest BCUT2D eigenvalue weighted by Crippen LogP contribution is 2.17. The Bertz CT molecular complexity index is 491. The molecule has 0 spiro atoms. The summed E-state index contributed by atoms with van der Waals surface area (Å²) in [6.45, 7) is 7.85. The van der Waals surface area contributed by atoms with Crippen molar-refractivity contribution in [1.82, 2.24) is 0 Å². The van der Waals surface area contributed by atoms with Crippen LogP contribution in [0.1, 0.15) is 181 Å². The molecule has 0 amide bonds. The van der Waals surface area contributed by atoms with E-state index in [2.05, 4.69) is 20.8 Å². The quantitative estimate of drug-likeness (QED) is 0.0721. The molecular formula is C33H64O4. The van der Waals surface area contributed by atoms with Gasteiger partial charge >= 0.3 is 11.9 Å². The molecule has 0 aromatic carbocycles. The number of carbonyl (C=O) groups excluding carboxylic acids is 2. The van der Waals surface area contributed by atoms with Gasteiger partial charge in [0.2, 0.25) is 0 Å². The predicted molar refractivity (Wildman–Crippen MR) is 158 cm³/mol. The first kappa shape index (κ1) is 35.9. The van der Waals surface area contributed by atoms with E-state index in [9.17, 15) is 9.59 Å². The van der Waals surface area contributed by atoms with Crippen LogP contribution in [0, 0.1) is 5.92 Å². The second-order valence-electron chi connectivity index (χ2n) is 11.4. The Balaban J connectivity index is 3.32. The van der Waals surface area contributed by atoms with Crippen LogP contribution < -0.4 is 0 Å². The zero-order valence-corrected chi connectivity index (χ0v) is 25.3. The normalized spacial score (nSPS) is 12.0. The van der Waals surface area contributed by atoms with Gasteiger partial charge in [-0.3, -0.25) is 9.59 Å². The average molecular weight is 525 g/mol. The van der Waals surface area contributed by atoms with Gasteiger partial charge in [0.25, 0.3) is 0 Å². The second-order valence-corrected chi connectivity index (χ2v) is 11.4. The number of rotatable bonds is 29. The summed E-state index contributed by atoms with van der Waals surface area (Å²) in [5.41, 5.74) is 0.